The van der Waals surface area contributed by atoms with E-state index in [1.165, 1.54) is 6.33 Å². The molecule has 0 fully saturated rings. The van der Waals surface area contributed by atoms with Crippen LogP contribution in [0.25, 0.3) is 11.1 Å². The van der Waals surface area contributed by atoms with Crippen molar-refractivity contribution in [1.82, 2.24) is 9.97 Å². The van der Waals surface area contributed by atoms with E-state index in [1.54, 1.807) is 24.4 Å². The van der Waals surface area contributed by atoms with Gasteiger partial charge in [0.25, 0.3) is 10.0 Å². The van der Waals surface area contributed by atoms with Gasteiger partial charge >= 0.3 is 0 Å². The standard InChI is InChI=1S/C29H30BrN3O4S/c1-20-5-7-21(8-6-20)25-18-31-19-32-28(25)33-38(34,35)27-14-9-22(29(2,3)4)17-26(27)37-16-15-36-24-12-10-23(30)11-13-24/h5-14,17-19H,15-16H2,1-4H3,(H,31,32,33). The van der Waals surface area contributed by atoms with Gasteiger partial charge in [-0.2, -0.15) is 0 Å². The summed E-state index contributed by atoms with van der Waals surface area (Å²) in [6.45, 7) is 8.57. The molecule has 0 amide bonds. The molecule has 198 valence electrons. The molecule has 7 nitrogen and oxygen atoms in total. The van der Waals surface area contributed by atoms with Crippen LogP contribution in [0.4, 0.5) is 5.82 Å². The van der Waals surface area contributed by atoms with Gasteiger partial charge < -0.3 is 9.47 Å². The first-order valence-corrected chi connectivity index (χ1v) is 14.4. The summed E-state index contributed by atoms with van der Waals surface area (Å²) in [6, 6.07) is 20.3. The summed E-state index contributed by atoms with van der Waals surface area (Å²) in [4.78, 5) is 8.34. The molecular formula is C29H30BrN3O4S. The molecule has 0 spiro atoms. The quantitative estimate of drug-likeness (QED) is 0.215. The molecule has 0 radical (unpaired) electrons. The third-order valence-electron chi connectivity index (χ3n) is 5.83. The highest BCUT2D eigenvalue weighted by Gasteiger charge is 2.25. The van der Waals surface area contributed by atoms with Crippen molar-refractivity contribution in [2.45, 2.75) is 38.0 Å². The summed E-state index contributed by atoms with van der Waals surface area (Å²) in [7, 11) is -4.05. The lowest BCUT2D eigenvalue weighted by molar-refractivity contribution is 0.213. The number of rotatable bonds is 9. The van der Waals surface area contributed by atoms with Crippen molar-refractivity contribution in [3.05, 3.63) is 94.9 Å². The normalized spacial score (nSPS) is 11.7. The molecule has 4 rings (SSSR count). The van der Waals surface area contributed by atoms with E-state index < -0.39 is 10.0 Å². The second-order valence-electron chi connectivity index (χ2n) is 9.82. The van der Waals surface area contributed by atoms with Gasteiger partial charge in [0.2, 0.25) is 0 Å². The van der Waals surface area contributed by atoms with Gasteiger partial charge in [0.15, 0.2) is 5.82 Å². The number of halogens is 1. The second kappa shape index (κ2) is 11.5. The van der Waals surface area contributed by atoms with E-state index in [-0.39, 0.29) is 35.1 Å². The topological polar surface area (TPSA) is 90.4 Å². The number of ether oxygens (including phenoxy) is 2. The van der Waals surface area contributed by atoms with Crippen LogP contribution in [0.1, 0.15) is 31.9 Å². The van der Waals surface area contributed by atoms with Crippen molar-refractivity contribution in [1.29, 1.82) is 0 Å². The Kier molecular flexibility index (Phi) is 8.38. The van der Waals surface area contributed by atoms with Crippen LogP contribution in [0.15, 0.2) is 88.6 Å². The monoisotopic (exact) mass is 595 g/mol. The van der Waals surface area contributed by atoms with E-state index in [0.717, 1.165) is 21.2 Å². The number of benzene rings is 3. The molecule has 0 atom stereocenters. The molecule has 3 aromatic carbocycles. The molecule has 0 bridgehead atoms. The Morgan fingerprint density at radius 1 is 0.921 bits per heavy atom. The number of sulfonamides is 1. The zero-order valence-corrected chi connectivity index (χ0v) is 24.1. The summed E-state index contributed by atoms with van der Waals surface area (Å²) >= 11 is 3.40. The molecule has 9 heteroatoms. The number of hydrogen-bond acceptors (Lipinski definition) is 6. The number of nitrogens with zero attached hydrogens (tertiary/aromatic N) is 2. The molecule has 0 aliphatic rings. The summed E-state index contributed by atoms with van der Waals surface area (Å²) in [5, 5.41) is 0. The first-order chi connectivity index (χ1) is 18.0. The minimum Gasteiger partial charge on any atom is -0.490 e. The van der Waals surface area contributed by atoms with Gasteiger partial charge in [0.1, 0.15) is 35.9 Å². The molecular weight excluding hydrogens is 566 g/mol. The van der Waals surface area contributed by atoms with Crippen molar-refractivity contribution in [2.75, 3.05) is 17.9 Å². The molecule has 1 heterocycles. The van der Waals surface area contributed by atoms with E-state index >= 15 is 0 Å². The SMILES string of the molecule is Cc1ccc(-c2cncnc2NS(=O)(=O)c2ccc(C(C)(C)C)cc2OCCOc2ccc(Br)cc2)cc1. The van der Waals surface area contributed by atoms with Gasteiger partial charge in [-0.1, -0.05) is 72.6 Å². The number of nitrogens with one attached hydrogen (secondary N) is 1. The molecule has 0 saturated heterocycles. The number of aromatic nitrogens is 2. The molecule has 4 aromatic rings. The zero-order chi connectivity index (χ0) is 27.3. The summed E-state index contributed by atoms with van der Waals surface area (Å²) in [5.41, 5.74) is 3.22. The van der Waals surface area contributed by atoms with Gasteiger partial charge in [0, 0.05) is 16.2 Å². The minimum atomic E-state index is -4.05. The fourth-order valence-electron chi connectivity index (χ4n) is 3.69. The van der Waals surface area contributed by atoms with E-state index in [9.17, 15) is 8.42 Å². The highest BCUT2D eigenvalue weighted by atomic mass is 79.9. The molecule has 0 aliphatic heterocycles. The Hall–Kier alpha value is -3.43. The predicted octanol–water partition coefficient (Wildman–Crippen LogP) is 6.77. The van der Waals surface area contributed by atoms with E-state index in [0.29, 0.717) is 11.3 Å². The van der Waals surface area contributed by atoms with Crippen molar-refractivity contribution in [2.24, 2.45) is 0 Å². The molecule has 0 unspecified atom stereocenters. The Morgan fingerprint density at radius 3 is 2.29 bits per heavy atom. The summed E-state index contributed by atoms with van der Waals surface area (Å²) < 4.78 is 42.6. The Labute approximate surface area is 232 Å². The number of hydrogen-bond donors (Lipinski definition) is 1. The van der Waals surface area contributed by atoms with Gasteiger partial charge in [-0.15, -0.1) is 0 Å². The van der Waals surface area contributed by atoms with Crippen LogP contribution in [0.2, 0.25) is 0 Å². The smallest absolute Gasteiger partial charge is 0.266 e. The fourth-order valence-corrected chi connectivity index (χ4v) is 5.11. The van der Waals surface area contributed by atoms with Crippen LogP contribution in [-0.4, -0.2) is 31.6 Å². The maximum absolute atomic E-state index is 13.6. The predicted molar refractivity (Wildman–Crippen MR) is 153 cm³/mol. The third kappa shape index (κ3) is 6.90. The third-order valence-corrected chi connectivity index (χ3v) is 7.74. The van der Waals surface area contributed by atoms with Gasteiger partial charge in [-0.3, -0.25) is 4.72 Å². The highest BCUT2D eigenvalue weighted by molar-refractivity contribution is 9.10. The van der Waals surface area contributed by atoms with Gasteiger partial charge in [0.05, 0.1) is 0 Å². The van der Waals surface area contributed by atoms with E-state index in [2.05, 4.69) is 51.4 Å². The van der Waals surface area contributed by atoms with Crippen LogP contribution in [0.3, 0.4) is 0 Å². The van der Waals surface area contributed by atoms with Crippen LogP contribution < -0.4 is 14.2 Å². The first kappa shape index (κ1) is 27.6. The molecule has 0 aliphatic carbocycles. The van der Waals surface area contributed by atoms with Crippen LogP contribution in [0.5, 0.6) is 11.5 Å². The maximum atomic E-state index is 13.6. The average Bonchev–Trinajstić information content (AvgIpc) is 2.88. The summed E-state index contributed by atoms with van der Waals surface area (Å²) in [5.74, 6) is 1.13. The van der Waals surface area contributed by atoms with Crippen LogP contribution >= 0.6 is 15.9 Å². The lowest BCUT2D eigenvalue weighted by Gasteiger charge is -2.22. The molecule has 1 aromatic heterocycles. The van der Waals surface area contributed by atoms with E-state index in [4.69, 9.17) is 9.47 Å². The lowest BCUT2D eigenvalue weighted by atomic mass is 9.87. The minimum absolute atomic E-state index is 0.0163. The zero-order valence-electron chi connectivity index (χ0n) is 21.7. The molecule has 38 heavy (non-hydrogen) atoms. The van der Waals surface area contributed by atoms with E-state index in [1.807, 2.05) is 55.5 Å². The van der Waals surface area contributed by atoms with Gasteiger partial charge in [-0.05, 0) is 59.9 Å². The van der Waals surface area contributed by atoms with Crippen molar-refractivity contribution >= 4 is 31.8 Å². The van der Waals surface area contributed by atoms with Crippen molar-refractivity contribution in [3.63, 3.8) is 0 Å². The van der Waals surface area contributed by atoms with Crippen molar-refractivity contribution in [3.8, 4) is 22.6 Å². The Morgan fingerprint density at radius 2 is 1.61 bits per heavy atom. The highest BCUT2D eigenvalue weighted by Crippen LogP contribution is 2.33. The first-order valence-electron chi connectivity index (χ1n) is 12.1. The molecule has 0 saturated carbocycles. The summed E-state index contributed by atoms with van der Waals surface area (Å²) in [6.07, 6.45) is 2.91. The average molecular weight is 597 g/mol. The Bertz CT molecular complexity index is 1500. The van der Waals surface area contributed by atoms with Gasteiger partial charge in [-0.25, -0.2) is 18.4 Å². The molecule has 1 N–H and O–H groups in total. The lowest BCUT2D eigenvalue weighted by Crippen LogP contribution is -2.19. The number of anilines is 1. The second-order valence-corrected chi connectivity index (χ2v) is 12.4. The van der Waals surface area contributed by atoms with Crippen LogP contribution in [0, 0.1) is 6.92 Å². The number of aryl methyl sites for hydroxylation is 1. The Balaban J connectivity index is 1.60. The maximum Gasteiger partial charge on any atom is 0.266 e. The van der Waals surface area contributed by atoms with Crippen molar-refractivity contribution < 1.29 is 17.9 Å². The van der Waals surface area contributed by atoms with Crippen LogP contribution in [-0.2, 0) is 15.4 Å². The largest absolute Gasteiger partial charge is 0.490 e. The fraction of sp³-hybridized carbons (Fsp3) is 0.241.